The lowest BCUT2D eigenvalue weighted by Crippen LogP contribution is -2.24. The summed E-state index contributed by atoms with van der Waals surface area (Å²) in [5.41, 5.74) is 11.1. The van der Waals surface area contributed by atoms with Gasteiger partial charge in [-0.2, -0.15) is 0 Å². The summed E-state index contributed by atoms with van der Waals surface area (Å²) >= 11 is 0. The molecule has 0 aliphatic heterocycles. The molecule has 0 heterocycles. The average Bonchev–Trinajstić information content (AvgIpc) is 2.78. The van der Waals surface area contributed by atoms with Gasteiger partial charge in [0.25, 0.3) is 5.91 Å². The Hall–Kier alpha value is -3.60. The Kier molecular flexibility index (Phi) is 7.82. The largest absolute Gasteiger partial charge is 0.397 e. The third-order valence-electron chi connectivity index (χ3n) is 5.17. The zero-order chi connectivity index (χ0) is 22.1. The molecule has 0 bridgehead atoms. The van der Waals surface area contributed by atoms with Crippen LogP contribution in [0, 0.1) is 6.92 Å². The first-order valence-electron chi connectivity index (χ1n) is 10.6. The lowest BCUT2D eigenvalue weighted by Gasteiger charge is -2.10. The Morgan fingerprint density at radius 1 is 0.871 bits per heavy atom. The van der Waals surface area contributed by atoms with Crippen LogP contribution in [0.4, 0.5) is 11.4 Å². The van der Waals surface area contributed by atoms with Crippen LogP contribution in [0.25, 0.3) is 11.1 Å². The molecule has 0 spiro atoms. The van der Waals surface area contributed by atoms with Crippen LogP contribution in [0.1, 0.15) is 41.6 Å². The highest BCUT2D eigenvalue weighted by molar-refractivity contribution is 5.95. The van der Waals surface area contributed by atoms with Crippen LogP contribution in [-0.2, 0) is 4.79 Å². The Balaban J connectivity index is 1.37. The van der Waals surface area contributed by atoms with Gasteiger partial charge in [-0.25, -0.2) is 0 Å². The Bertz CT molecular complexity index is 1030. The Labute approximate surface area is 183 Å². The molecular formula is C26H29N3O2. The second-order valence-corrected chi connectivity index (χ2v) is 7.60. The maximum Gasteiger partial charge on any atom is 0.251 e. The van der Waals surface area contributed by atoms with Crippen LogP contribution in [0.5, 0.6) is 0 Å². The zero-order valence-electron chi connectivity index (χ0n) is 17.9. The quantitative estimate of drug-likeness (QED) is 0.333. The first-order valence-corrected chi connectivity index (χ1v) is 10.6. The molecular weight excluding hydrogens is 386 g/mol. The van der Waals surface area contributed by atoms with Gasteiger partial charge >= 0.3 is 0 Å². The molecule has 3 aromatic carbocycles. The second-order valence-electron chi connectivity index (χ2n) is 7.60. The predicted molar refractivity (Wildman–Crippen MR) is 127 cm³/mol. The van der Waals surface area contributed by atoms with E-state index in [4.69, 9.17) is 5.73 Å². The molecule has 0 aliphatic carbocycles. The molecule has 0 saturated heterocycles. The van der Waals surface area contributed by atoms with Gasteiger partial charge in [0.05, 0.1) is 11.4 Å². The van der Waals surface area contributed by atoms with E-state index in [0.29, 0.717) is 29.9 Å². The number of nitrogens with one attached hydrogen (secondary N) is 2. The number of amides is 2. The molecule has 0 aliphatic rings. The molecule has 0 atom stereocenters. The lowest BCUT2D eigenvalue weighted by atomic mass is 9.98. The highest BCUT2D eigenvalue weighted by Gasteiger charge is 2.09. The number of rotatable bonds is 9. The number of anilines is 2. The van der Waals surface area contributed by atoms with Gasteiger partial charge in [0.2, 0.25) is 5.91 Å². The fourth-order valence-electron chi connectivity index (χ4n) is 3.46. The number of unbranched alkanes of at least 4 members (excludes halogenated alkanes) is 2. The Morgan fingerprint density at radius 3 is 2.35 bits per heavy atom. The smallest absolute Gasteiger partial charge is 0.251 e. The van der Waals surface area contributed by atoms with Crippen molar-refractivity contribution in [3.63, 3.8) is 0 Å². The van der Waals surface area contributed by atoms with Crippen molar-refractivity contribution in [2.24, 2.45) is 0 Å². The number of hydrogen-bond acceptors (Lipinski definition) is 3. The third kappa shape index (κ3) is 6.44. The van der Waals surface area contributed by atoms with Gasteiger partial charge in [-0.15, -0.1) is 0 Å². The SMILES string of the molecule is Cc1cc(C(=O)NCCCCCC(=O)Nc2ccccc2N)ccc1-c1ccccc1. The molecule has 4 N–H and O–H groups in total. The minimum Gasteiger partial charge on any atom is -0.397 e. The van der Waals surface area contributed by atoms with E-state index in [2.05, 4.69) is 22.8 Å². The van der Waals surface area contributed by atoms with E-state index in [-0.39, 0.29) is 11.8 Å². The summed E-state index contributed by atoms with van der Waals surface area (Å²) < 4.78 is 0. The van der Waals surface area contributed by atoms with Crippen molar-refractivity contribution >= 4 is 23.2 Å². The van der Waals surface area contributed by atoms with E-state index in [1.54, 1.807) is 12.1 Å². The van der Waals surface area contributed by atoms with Crippen molar-refractivity contribution in [1.29, 1.82) is 0 Å². The molecule has 5 heteroatoms. The van der Waals surface area contributed by atoms with Gasteiger partial charge in [0, 0.05) is 18.5 Å². The summed E-state index contributed by atoms with van der Waals surface area (Å²) in [6.45, 7) is 2.61. The van der Waals surface area contributed by atoms with Crippen molar-refractivity contribution in [2.45, 2.75) is 32.6 Å². The maximum atomic E-state index is 12.4. The number of nitrogens with two attached hydrogens (primary N) is 1. The van der Waals surface area contributed by atoms with Crippen molar-refractivity contribution in [1.82, 2.24) is 5.32 Å². The minimum atomic E-state index is -0.0694. The molecule has 0 saturated carbocycles. The summed E-state index contributed by atoms with van der Waals surface area (Å²) in [5, 5.41) is 5.79. The van der Waals surface area contributed by atoms with Crippen LogP contribution in [0.15, 0.2) is 72.8 Å². The number of aryl methyl sites for hydroxylation is 1. The van der Waals surface area contributed by atoms with Gasteiger partial charge in [-0.05, 0) is 60.7 Å². The molecule has 0 radical (unpaired) electrons. The molecule has 3 aromatic rings. The second kappa shape index (κ2) is 11.0. The third-order valence-corrected chi connectivity index (χ3v) is 5.17. The molecule has 5 nitrogen and oxygen atoms in total. The van der Waals surface area contributed by atoms with Crippen LogP contribution < -0.4 is 16.4 Å². The van der Waals surface area contributed by atoms with Gasteiger partial charge in [0.15, 0.2) is 0 Å². The highest BCUT2D eigenvalue weighted by atomic mass is 16.2. The standard InChI is InChI=1S/C26H29N3O2/c1-19-18-21(15-16-22(19)20-10-4-2-5-11-20)26(31)28-17-9-3-6-14-25(30)29-24-13-8-7-12-23(24)27/h2,4-5,7-8,10-13,15-16,18H,3,6,9,14,17,27H2,1H3,(H,28,31)(H,29,30). The molecule has 31 heavy (non-hydrogen) atoms. The van der Waals surface area contributed by atoms with Crippen molar-refractivity contribution in [3.8, 4) is 11.1 Å². The molecule has 3 rings (SSSR count). The number of para-hydroxylation sites is 2. The zero-order valence-corrected chi connectivity index (χ0v) is 17.9. The van der Waals surface area contributed by atoms with Crippen LogP contribution in [0.2, 0.25) is 0 Å². The van der Waals surface area contributed by atoms with E-state index in [1.165, 1.54) is 0 Å². The van der Waals surface area contributed by atoms with Crippen molar-refractivity contribution in [2.75, 3.05) is 17.6 Å². The summed E-state index contributed by atoms with van der Waals surface area (Å²) in [6, 6.07) is 23.2. The monoisotopic (exact) mass is 415 g/mol. The molecule has 0 fully saturated rings. The number of nitrogen functional groups attached to an aromatic ring is 1. The van der Waals surface area contributed by atoms with Crippen LogP contribution in [0.3, 0.4) is 0 Å². The predicted octanol–water partition coefficient (Wildman–Crippen LogP) is 5.17. The highest BCUT2D eigenvalue weighted by Crippen LogP contribution is 2.24. The molecule has 0 unspecified atom stereocenters. The van der Waals surface area contributed by atoms with Gasteiger partial charge in [-0.1, -0.05) is 55.0 Å². The summed E-state index contributed by atoms with van der Waals surface area (Å²) in [4.78, 5) is 24.4. The summed E-state index contributed by atoms with van der Waals surface area (Å²) in [5.74, 6) is -0.115. The first-order chi connectivity index (χ1) is 15.0. The molecule has 160 valence electrons. The van der Waals surface area contributed by atoms with Gasteiger partial charge < -0.3 is 16.4 Å². The van der Waals surface area contributed by atoms with E-state index in [1.807, 2.05) is 55.5 Å². The summed E-state index contributed by atoms with van der Waals surface area (Å²) in [7, 11) is 0. The first kappa shape index (κ1) is 22.1. The van der Waals surface area contributed by atoms with Crippen LogP contribution in [-0.4, -0.2) is 18.4 Å². The van der Waals surface area contributed by atoms with E-state index in [0.717, 1.165) is 36.0 Å². The van der Waals surface area contributed by atoms with E-state index in [9.17, 15) is 9.59 Å². The Morgan fingerprint density at radius 2 is 1.61 bits per heavy atom. The average molecular weight is 416 g/mol. The van der Waals surface area contributed by atoms with Crippen molar-refractivity contribution in [3.05, 3.63) is 83.9 Å². The number of benzene rings is 3. The van der Waals surface area contributed by atoms with Gasteiger partial charge in [0.1, 0.15) is 0 Å². The van der Waals surface area contributed by atoms with Crippen LogP contribution >= 0.6 is 0 Å². The lowest BCUT2D eigenvalue weighted by molar-refractivity contribution is -0.116. The minimum absolute atomic E-state index is 0.0454. The number of carbonyl (C=O) groups is 2. The normalized spacial score (nSPS) is 10.5. The van der Waals surface area contributed by atoms with E-state index < -0.39 is 0 Å². The molecule has 0 aromatic heterocycles. The fraction of sp³-hybridized carbons (Fsp3) is 0.231. The van der Waals surface area contributed by atoms with Crippen molar-refractivity contribution < 1.29 is 9.59 Å². The van der Waals surface area contributed by atoms with Gasteiger partial charge in [-0.3, -0.25) is 9.59 Å². The van der Waals surface area contributed by atoms with E-state index >= 15 is 0 Å². The number of carbonyl (C=O) groups excluding carboxylic acids is 2. The molecule has 2 amide bonds. The number of hydrogen-bond donors (Lipinski definition) is 3. The topological polar surface area (TPSA) is 84.2 Å². The summed E-state index contributed by atoms with van der Waals surface area (Å²) in [6.07, 6.45) is 2.89. The maximum absolute atomic E-state index is 12.4. The fourth-order valence-corrected chi connectivity index (χ4v) is 3.46.